The molecule has 1 fully saturated rings. The van der Waals surface area contributed by atoms with Crippen molar-refractivity contribution >= 4 is 11.0 Å². The van der Waals surface area contributed by atoms with Crippen LogP contribution in [0.2, 0.25) is 0 Å². The summed E-state index contributed by atoms with van der Waals surface area (Å²) in [4.78, 5) is 11.8. The standard InChI is InChI=1S/C19H25NO3/c1-22-16-9-10-17-14(11-19(21)23-18(17)12-16)13-20-15-7-5-3-2-4-6-8-15/h9-12,15,20H,2-8,13H2,1H3. The number of rotatable bonds is 4. The van der Waals surface area contributed by atoms with E-state index in [4.69, 9.17) is 9.15 Å². The summed E-state index contributed by atoms with van der Waals surface area (Å²) in [5.41, 5.74) is 1.28. The van der Waals surface area contributed by atoms with Crippen molar-refractivity contribution in [2.24, 2.45) is 0 Å². The fraction of sp³-hybridized carbons (Fsp3) is 0.526. The van der Waals surface area contributed by atoms with E-state index >= 15 is 0 Å². The number of hydrogen-bond donors (Lipinski definition) is 1. The van der Waals surface area contributed by atoms with Crippen molar-refractivity contribution in [2.75, 3.05) is 7.11 Å². The summed E-state index contributed by atoms with van der Waals surface area (Å²) in [5.74, 6) is 0.700. The quantitative estimate of drug-likeness (QED) is 0.866. The van der Waals surface area contributed by atoms with Gasteiger partial charge in [-0.05, 0) is 30.5 Å². The minimum Gasteiger partial charge on any atom is -0.497 e. The predicted octanol–water partition coefficient (Wildman–Crippen LogP) is 4.00. The first-order valence-corrected chi connectivity index (χ1v) is 8.60. The molecular weight excluding hydrogens is 290 g/mol. The molecule has 0 amide bonds. The second kappa shape index (κ2) is 7.64. The van der Waals surface area contributed by atoms with Crippen LogP contribution in [0.15, 0.2) is 33.5 Å². The van der Waals surface area contributed by atoms with Crippen LogP contribution in [-0.2, 0) is 6.54 Å². The molecule has 23 heavy (non-hydrogen) atoms. The van der Waals surface area contributed by atoms with Gasteiger partial charge in [0.2, 0.25) is 0 Å². The Morgan fingerprint density at radius 3 is 2.61 bits per heavy atom. The van der Waals surface area contributed by atoms with Crippen LogP contribution in [0.5, 0.6) is 5.75 Å². The molecule has 124 valence electrons. The third-order valence-corrected chi connectivity index (χ3v) is 4.72. The van der Waals surface area contributed by atoms with Crippen molar-refractivity contribution in [1.29, 1.82) is 0 Å². The summed E-state index contributed by atoms with van der Waals surface area (Å²) in [6.45, 7) is 0.707. The second-order valence-corrected chi connectivity index (χ2v) is 6.38. The van der Waals surface area contributed by atoms with Crippen LogP contribution in [0, 0.1) is 0 Å². The van der Waals surface area contributed by atoms with Gasteiger partial charge in [-0.3, -0.25) is 0 Å². The third-order valence-electron chi connectivity index (χ3n) is 4.72. The van der Waals surface area contributed by atoms with Gasteiger partial charge in [0, 0.05) is 30.1 Å². The summed E-state index contributed by atoms with van der Waals surface area (Å²) in [5, 5.41) is 4.62. The molecule has 3 rings (SSSR count). The zero-order chi connectivity index (χ0) is 16.1. The topological polar surface area (TPSA) is 51.5 Å². The van der Waals surface area contributed by atoms with Crippen molar-refractivity contribution in [1.82, 2.24) is 5.32 Å². The maximum atomic E-state index is 11.8. The molecule has 1 aromatic heterocycles. The fourth-order valence-electron chi connectivity index (χ4n) is 3.40. The fourth-order valence-corrected chi connectivity index (χ4v) is 3.40. The average molecular weight is 315 g/mol. The molecular formula is C19H25NO3. The summed E-state index contributed by atoms with van der Waals surface area (Å²) in [7, 11) is 1.61. The normalized spacial score (nSPS) is 16.9. The van der Waals surface area contributed by atoms with Gasteiger partial charge in [0.05, 0.1) is 7.11 Å². The van der Waals surface area contributed by atoms with E-state index in [1.165, 1.54) is 44.9 Å². The molecule has 1 aliphatic rings. The zero-order valence-corrected chi connectivity index (χ0v) is 13.8. The van der Waals surface area contributed by atoms with E-state index in [9.17, 15) is 4.79 Å². The number of fused-ring (bicyclic) bond motifs is 1. The number of benzene rings is 1. The van der Waals surface area contributed by atoms with Crippen LogP contribution in [0.3, 0.4) is 0 Å². The molecule has 1 aliphatic carbocycles. The van der Waals surface area contributed by atoms with E-state index < -0.39 is 0 Å². The molecule has 4 heteroatoms. The van der Waals surface area contributed by atoms with Gasteiger partial charge >= 0.3 is 5.63 Å². The summed E-state index contributed by atoms with van der Waals surface area (Å²) < 4.78 is 10.5. The van der Waals surface area contributed by atoms with Crippen molar-refractivity contribution in [3.05, 3.63) is 40.2 Å². The monoisotopic (exact) mass is 315 g/mol. The molecule has 4 nitrogen and oxygen atoms in total. The largest absolute Gasteiger partial charge is 0.497 e. The molecule has 2 aromatic rings. The lowest BCUT2D eigenvalue weighted by atomic mass is 9.96. The van der Waals surface area contributed by atoms with E-state index in [-0.39, 0.29) is 5.63 Å². The predicted molar refractivity (Wildman–Crippen MR) is 92.0 cm³/mol. The number of hydrogen-bond acceptors (Lipinski definition) is 4. The minimum atomic E-state index is -0.305. The molecule has 0 saturated heterocycles. The van der Waals surface area contributed by atoms with E-state index in [0.29, 0.717) is 23.9 Å². The lowest BCUT2D eigenvalue weighted by Crippen LogP contribution is -2.29. The van der Waals surface area contributed by atoms with Crippen molar-refractivity contribution in [3.63, 3.8) is 0 Å². The third kappa shape index (κ3) is 4.14. The number of methoxy groups -OCH3 is 1. The smallest absolute Gasteiger partial charge is 0.336 e. The highest BCUT2D eigenvalue weighted by molar-refractivity contribution is 5.81. The van der Waals surface area contributed by atoms with Crippen LogP contribution in [0.4, 0.5) is 0 Å². The van der Waals surface area contributed by atoms with E-state index in [0.717, 1.165) is 10.9 Å². The average Bonchev–Trinajstić information content (AvgIpc) is 2.52. The molecule has 1 heterocycles. The van der Waals surface area contributed by atoms with Gasteiger partial charge in [-0.25, -0.2) is 4.79 Å². The highest BCUT2D eigenvalue weighted by atomic mass is 16.5. The molecule has 1 N–H and O–H groups in total. The SMILES string of the molecule is COc1ccc2c(CNC3CCCCCCC3)cc(=O)oc2c1. The van der Waals surface area contributed by atoms with Crippen LogP contribution in [-0.4, -0.2) is 13.2 Å². The summed E-state index contributed by atoms with van der Waals surface area (Å²) >= 11 is 0. The van der Waals surface area contributed by atoms with Crippen LogP contribution >= 0.6 is 0 Å². The van der Waals surface area contributed by atoms with Crippen molar-refractivity contribution in [3.8, 4) is 5.75 Å². The Hall–Kier alpha value is -1.81. The molecule has 0 spiro atoms. The lowest BCUT2D eigenvalue weighted by Gasteiger charge is -2.21. The van der Waals surface area contributed by atoms with Crippen LogP contribution < -0.4 is 15.7 Å². The maximum absolute atomic E-state index is 11.8. The summed E-state index contributed by atoms with van der Waals surface area (Å²) in [6, 6.07) is 7.80. The Labute approximate surface area is 136 Å². The van der Waals surface area contributed by atoms with E-state index in [2.05, 4.69) is 5.32 Å². The van der Waals surface area contributed by atoms with Crippen molar-refractivity contribution in [2.45, 2.75) is 57.5 Å². The molecule has 1 aromatic carbocycles. The van der Waals surface area contributed by atoms with Gasteiger partial charge < -0.3 is 14.5 Å². The Bertz CT molecular complexity index is 699. The Balaban J connectivity index is 1.77. The van der Waals surface area contributed by atoms with Gasteiger partial charge in [-0.1, -0.05) is 32.1 Å². The molecule has 0 radical (unpaired) electrons. The zero-order valence-electron chi connectivity index (χ0n) is 13.8. The second-order valence-electron chi connectivity index (χ2n) is 6.38. The van der Waals surface area contributed by atoms with Gasteiger partial charge in [-0.2, -0.15) is 0 Å². The van der Waals surface area contributed by atoms with Crippen molar-refractivity contribution < 1.29 is 9.15 Å². The van der Waals surface area contributed by atoms with Crippen LogP contribution in [0.25, 0.3) is 11.0 Å². The first-order chi connectivity index (χ1) is 11.3. The maximum Gasteiger partial charge on any atom is 0.336 e. The Morgan fingerprint density at radius 1 is 1.13 bits per heavy atom. The van der Waals surface area contributed by atoms with Crippen LogP contribution in [0.1, 0.15) is 50.5 Å². The molecule has 0 aliphatic heterocycles. The molecule has 0 atom stereocenters. The summed E-state index contributed by atoms with van der Waals surface area (Å²) in [6.07, 6.45) is 9.12. The first kappa shape index (κ1) is 16.1. The minimum absolute atomic E-state index is 0.305. The van der Waals surface area contributed by atoms with E-state index in [1.807, 2.05) is 12.1 Å². The number of ether oxygens (including phenoxy) is 1. The van der Waals surface area contributed by atoms with Gasteiger partial charge in [-0.15, -0.1) is 0 Å². The molecule has 0 unspecified atom stereocenters. The molecule has 1 saturated carbocycles. The first-order valence-electron chi connectivity index (χ1n) is 8.60. The highest BCUT2D eigenvalue weighted by Gasteiger charge is 2.12. The Morgan fingerprint density at radius 2 is 1.87 bits per heavy atom. The highest BCUT2D eigenvalue weighted by Crippen LogP contribution is 2.23. The molecule has 0 bridgehead atoms. The van der Waals surface area contributed by atoms with E-state index in [1.54, 1.807) is 19.2 Å². The number of nitrogens with one attached hydrogen (secondary N) is 1. The Kier molecular flexibility index (Phi) is 5.34. The van der Waals surface area contributed by atoms with Gasteiger partial charge in [0.1, 0.15) is 11.3 Å². The lowest BCUT2D eigenvalue weighted by molar-refractivity contribution is 0.389. The van der Waals surface area contributed by atoms with Gasteiger partial charge in [0.25, 0.3) is 0 Å². The van der Waals surface area contributed by atoms with Gasteiger partial charge in [0.15, 0.2) is 0 Å².